The third-order valence-electron chi connectivity index (χ3n) is 2.73. The smallest absolute Gasteiger partial charge is 0.140 e. The molecule has 1 N–H and O–H groups in total. The molecule has 0 bridgehead atoms. The van der Waals surface area contributed by atoms with Crippen LogP contribution < -0.4 is 4.74 Å². The van der Waals surface area contributed by atoms with Crippen molar-refractivity contribution in [2.45, 2.75) is 27.1 Å². The normalized spacial score (nSPS) is 10.7. The van der Waals surface area contributed by atoms with E-state index in [2.05, 4.69) is 21.1 Å². The number of hydrogen-bond acceptors (Lipinski definition) is 4. The highest BCUT2D eigenvalue weighted by molar-refractivity contribution is 9.10. The van der Waals surface area contributed by atoms with Crippen LogP contribution in [0.25, 0.3) is 0 Å². The van der Waals surface area contributed by atoms with Gasteiger partial charge in [0.05, 0.1) is 22.3 Å². The summed E-state index contributed by atoms with van der Waals surface area (Å²) in [5, 5.41) is 12.9. The highest BCUT2D eigenvalue weighted by Crippen LogP contribution is 2.27. The van der Waals surface area contributed by atoms with Crippen molar-refractivity contribution in [1.29, 1.82) is 0 Å². The van der Waals surface area contributed by atoms with Gasteiger partial charge in [-0.05, 0) is 47.5 Å². The lowest BCUT2D eigenvalue weighted by molar-refractivity contribution is 0.280. The summed E-state index contributed by atoms with van der Waals surface area (Å²) in [6.45, 7) is 4.18. The summed E-state index contributed by atoms with van der Waals surface area (Å²) in [5.74, 6) is 1.50. The molecule has 0 spiro atoms. The molecule has 0 unspecified atom stereocenters. The second-order valence-electron chi connectivity index (χ2n) is 4.01. The SMILES string of the molecule is Cc1noc(C)c1COc1ccc(CO)cc1Br. The lowest BCUT2D eigenvalue weighted by atomic mass is 10.2. The molecule has 96 valence electrons. The van der Waals surface area contributed by atoms with E-state index in [1.54, 1.807) is 0 Å². The van der Waals surface area contributed by atoms with Crippen molar-refractivity contribution in [3.05, 3.63) is 45.3 Å². The summed E-state index contributed by atoms with van der Waals surface area (Å²) in [4.78, 5) is 0. The molecule has 0 aliphatic heterocycles. The van der Waals surface area contributed by atoms with Crippen molar-refractivity contribution in [2.75, 3.05) is 0 Å². The number of aryl methyl sites for hydroxylation is 2. The zero-order valence-electron chi connectivity index (χ0n) is 10.2. The lowest BCUT2D eigenvalue weighted by Crippen LogP contribution is -1.98. The van der Waals surface area contributed by atoms with E-state index in [1.165, 1.54) is 0 Å². The molecular weight excluding hydrogens is 298 g/mol. The van der Waals surface area contributed by atoms with Gasteiger partial charge in [0.1, 0.15) is 18.1 Å². The minimum Gasteiger partial charge on any atom is -0.488 e. The fourth-order valence-corrected chi connectivity index (χ4v) is 2.16. The number of rotatable bonds is 4. The predicted octanol–water partition coefficient (Wildman–Crippen LogP) is 3.13. The molecule has 18 heavy (non-hydrogen) atoms. The minimum atomic E-state index is 0.0166. The van der Waals surface area contributed by atoms with Crippen LogP contribution in [-0.2, 0) is 13.2 Å². The van der Waals surface area contributed by atoms with Crippen LogP contribution in [0.5, 0.6) is 5.75 Å². The topological polar surface area (TPSA) is 55.5 Å². The monoisotopic (exact) mass is 311 g/mol. The molecule has 0 aliphatic rings. The molecule has 5 heteroatoms. The van der Waals surface area contributed by atoms with Crippen LogP contribution in [0.1, 0.15) is 22.6 Å². The Morgan fingerprint density at radius 3 is 2.72 bits per heavy atom. The van der Waals surface area contributed by atoms with Crippen molar-refractivity contribution in [2.24, 2.45) is 0 Å². The summed E-state index contributed by atoms with van der Waals surface area (Å²) >= 11 is 3.41. The second-order valence-corrected chi connectivity index (χ2v) is 4.87. The summed E-state index contributed by atoms with van der Waals surface area (Å²) in [6, 6.07) is 5.49. The van der Waals surface area contributed by atoms with Crippen LogP contribution in [0.3, 0.4) is 0 Å². The van der Waals surface area contributed by atoms with Crippen molar-refractivity contribution >= 4 is 15.9 Å². The van der Waals surface area contributed by atoms with E-state index < -0.39 is 0 Å². The Labute approximate surface area is 114 Å². The van der Waals surface area contributed by atoms with Crippen molar-refractivity contribution in [1.82, 2.24) is 5.16 Å². The molecule has 0 aliphatic carbocycles. The Bertz CT molecular complexity index is 532. The van der Waals surface area contributed by atoms with E-state index in [4.69, 9.17) is 14.4 Å². The van der Waals surface area contributed by atoms with Gasteiger partial charge in [-0.15, -0.1) is 0 Å². The van der Waals surface area contributed by atoms with Crippen LogP contribution in [0, 0.1) is 13.8 Å². The van der Waals surface area contributed by atoms with E-state index in [0.29, 0.717) is 6.61 Å². The molecule has 0 saturated heterocycles. The number of benzene rings is 1. The molecule has 2 rings (SSSR count). The Morgan fingerprint density at radius 2 is 2.17 bits per heavy atom. The Morgan fingerprint density at radius 1 is 1.39 bits per heavy atom. The van der Waals surface area contributed by atoms with E-state index in [9.17, 15) is 0 Å². The minimum absolute atomic E-state index is 0.0166. The molecule has 0 radical (unpaired) electrons. The van der Waals surface area contributed by atoms with Crippen LogP contribution in [0.4, 0.5) is 0 Å². The second kappa shape index (κ2) is 5.54. The van der Waals surface area contributed by atoms with Gasteiger partial charge in [0.15, 0.2) is 0 Å². The molecule has 2 aromatic rings. The Kier molecular flexibility index (Phi) is 4.04. The van der Waals surface area contributed by atoms with E-state index in [1.807, 2.05) is 32.0 Å². The molecule has 4 nitrogen and oxygen atoms in total. The molecule has 0 saturated carbocycles. The maximum absolute atomic E-state index is 9.02. The first-order valence-electron chi connectivity index (χ1n) is 5.55. The zero-order chi connectivity index (χ0) is 13.1. The highest BCUT2D eigenvalue weighted by atomic mass is 79.9. The van der Waals surface area contributed by atoms with Gasteiger partial charge in [-0.1, -0.05) is 11.2 Å². The number of aromatic nitrogens is 1. The first-order valence-corrected chi connectivity index (χ1v) is 6.35. The third kappa shape index (κ3) is 2.73. The van der Waals surface area contributed by atoms with Crippen LogP contribution in [-0.4, -0.2) is 10.3 Å². The maximum atomic E-state index is 9.02. The fourth-order valence-electron chi connectivity index (χ4n) is 1.62. The average Bonchev–Trinajstić information content (AvgIpc) is 2.68. The lowest BCUT2D eigenvalue weighted by Gasteiger charge is -2.08. The summed E-state index contributed by atoms with van der Waals surface area (Å²) < 4.78 is 11.6. The Balaban J connectivity index is 2.11. The van der Waals surface area contributed by atoms with Gasteiger partial charge >= 0.3 is 0 Å². The first-order chi connectivity index (χ1) is 8.61. The fraction of sp³-hybridized carbons (Fsp3) is 0.308. The molecule has 0 atom stereocenters. The van der Waals surface area contributed by atoms with Crippen molar-refractivity contribution in [3.8, 4) is 5.75 Å². The summed E-state index contributed by atoms with van der Waals surface area (Å²) in [6.07, 6.45) is 0. The molecule has 0 amide bonds. The predicted molar refractivity (Wildman–Crippen MR) is 70.4 cm³/mol. The van der Waals surface area contributed by atoms with Crippen molar-refractivity contribution < 1.29 is 14.4 Å². The number of aliphatic hydroxyl groups is 1. The van der Waals surface area contributed by atoms with Gasteiger partial charge in [0, 0.05) is 0 Å². The first kappa shape index (κ1) is 13.1. The molecule has 1 aromatic carbocycles. The maximum Gasteiger partial charge on any atom is 0.140 e. The van der Waals surface area contributed by atoms with Gasteiger partial charge < -0.3 is 14.4 Å². The number of aliphatic hydroxyl groups excluding tert-OH is 1. The van der Waals surface area contributed by atoms with Gasteiger partial charge in [-0.2, -0.15) is 0 Å². The van der Waals surface area contributed by atoms with E-state index in [0.717, 1.165) is 32.8 Å². The van der Waals surface area contributed by atoms with E-state index >= 15 is 0 Å². The molecule has 0 fully saturated rings. The summed E-state index contributed by atoms with van der Waals surface area (Å²) in [5.41, 5.74) is 2.65. The van der Waals surface area contributed by atoms with Crippen molar-refractivity contribution in [3.63, 3.8) is 0 Å². The van der Waals surface area contributed by atoms with Gasteiger partial charge in [0.2, 0.25) is 0 Å². The highest BCUT2D eigenvalue weighted by Gasteiger charge is 2.10. The summed E-state index contributed by atoms with van der Waals surface area (Å²) in [7, 11) is 0. The zero-order valence-corrected chi connectivity index (χ0v) is 11.8. The number of ether oxygens (including phenoxy) is 1. The molecular formula is C13H14BrNO3. The van der Waals surface area contributed by atoms with Gasteiger partial charge in [0.25, 0.3) is 0 Å². The van der Waals surface area contributed by atoms with Crippen LogP contribution in [0.2, 0.25) is 0 Å². The standard InChI is InChI=1S/C13H14BrNO3/c1-8-11(9(2)18-15-8)7-17-13-4-3-10(6-16)5-12(13)14/h3-5,16H,6-7H2,1-2H3. The van der Waals surface area contributed by atoms with Crippen LogP contribution in [0.15, 0.2) is 27.2 Å². The molecule has 1 heterocycles. The van der Waals surface area contributed by atoms with E-state index in [-0.39, 0.29) is 6.61 Å². The number of hydrogen-bond donors (Lipinski definition) is 1. The van der Waals surface area contributed by atoms with Gasteiger partial charge in [-0.25, -0.2) is 0 Å². The average molecular weight is 312 g/mol. The van der Waals surface area contributed by atoms with Gasteiger partial charge in [-0.3, -0.25) is 0 Å². The third-order valence-corrected chi connectivity index (χ3v) is 3.35. The largest absolute Gasteiger partial charge is 0.488 e. The quantitative estimate of drug-likeness (QED) is 0.942. The number of halogens is 1. The molecule has 1 aromatic heterocycles. The Hall–Kier alpha value is -1.33. The van der Waals surface area contributed by atoms with Crippen LogP contribution >= 0.6 is 15.9 Å². The number of nitrogens with zero attached hydrogens (tertiary/aromatic N) is 1.